The lowest BCUT2D eigenvalue weighted by Crippen LogP contribution is -2.51. The first-order chi connectivity index (χ1) is 5.72. The minimum atomic E-state index is -0.833. The third-order valence-electron chi connectivity index (χ3n) is 2.29. The van der Waals surface area contributed by atoms with Crippen molar-refractivity contribution in [2.45, 2.75) is 38.3 Å². The normalized spacial score (nSPS) is 29.5. The summed E-state index contributed by atoms with van der Waals surface area (Å²) < 4.78 is 0. The summed E-state index contributed by atoms with van der Waals surface area (Å²) in [5.41, 5.74) is 4.11. The van der Waals surface area contributed by atoms with Gasteiger partial charge in [0.2, 0.25) is 5.91 Å². The molecule has 0 bridgehead atoms. The Morgan fingerprint density at radius 3 is 2.46 bits per heavy atom. The van der Waals surface area contributed by atoms with Crippen LogP contribution in [0.3, 0.4) is 0 Å². The summed E-state index contributed by atoms with van der Waals surface area (Å²) >= 11 is 0. The predicted octanol–water partition coefficient (Wildman–Crippen LogP) is -0.293. The lowest BCUT2D eigenvalue weighted by Gasteiger charge is -2.26. The molecule has 3 N–H and O–H groups in total. The highest BCUT2D eigenvalue weighted by Crippen LogP contribution is 2.21. The van der Waals surface area contributed by atoms with Crippen LogP contribution in [0.5, 0.6) is 0 Å². The van der Waals surface area contributed by atoms with Gasteiger partial charge in [0, 0.05) is 13.1 Å². The number of β-amino-alcohol motifs (C(OH)–C–C–N with tert-alkyl or cyclic N) is 1. The molecule has 0 aromatic heterocycles. The molecule has 0 aromatic carbocycles. The van der Waals surface area contributed by atoms with E-state index in [1.54, 1.807) is 25.7 Å². The molecule has 1 fully saturated rings. The highest BCUT2D eigenvalue weighted by Gasteiger charge is 2.37. The topological polar surface area (TPSA) is 66.6 Å². The summed E-state index contributed by atoms with van der Waals surface area (Å²) in [6, 6.07) is 0. The minimum Gasteiger partial charge on any atom is -0.388 e. The molecule has 4 nitrogen and oxygen atoms in total. The van der Waals surface area contributed by atoms with Gasteiger partial charge in [-0.2, -0.15) is 0 Å². The van der Waals surface area contributed by atoms with Crippen molar-refractivity contribution in [2.24, 2.45) is 5.73 Å². The first kappa shape index (κ1) is 10.5. The Kier molecular flexibility index (Phi) is 2.38. The van der Waals surface area contributed by atoms with Gasteiger partial charge in [-0.25, -0.2) is 0 Å². The van der Waals surface area contributed by atoms with E-state index in [2.05, 4.69) is 0 Å². The average molecular weight is 186 g/mol. The summed E-state index contributed by atoms with van der Waals surface area (Å²) in [7, 11) is 0. The van der Waals surface area contributed by atoms with Crippen molar-refractivity contribution in [3.63, 3.8) is 0 Å². The molecule has 0 spiro atoms. The quantitative estimate of drug-likeness (QED) is 0.591. The van der Waals surface area contributed by atoms with Gasteiger partial charge in [0.1, 0.15) is 0 Å². The molecule has 1 saturated heterocycles. The lowest BCUT2D eigenvalue weighted by atomic mass is 10.1. The molecule has 13 heavy (non-hydrogen) atoms. The predicted molar refractivity (Wildman–Crippen MR) is 50.1 cm³/mol. The molecule has 1 heterocycles. The molecule has 1 atom stereocenters. The zero-order valence-electron chi connectivity index (χ0n) is 8.50. The van der Waals surface area contributed by atoms with Gasteiger partial charge < -0.3 is 15.7 Å². The number of amides is 1. The zero-order chi connectivity index (χ0) is 10.3. The van der Waals surface area contributed by atoms with Crippen LogP contribution >= 0.6 is 0 Å². The van der Waals surface area contributed by atoms with Crippen LogP contribution in [0.1, 0.15) is 27.2 Å². The van der Waals surface area contributed by atoms with Crippen molar-refractivity contribution in [1.29, 1.82) is 0 Å². The van der Waals surface area contributed by atoms with Crippen LogP contribution in [-0.4, -0.2) is 40.1 Å². The van der Waals surface area contributed by atoms with Gasteiger partial charge >= 0.3 is 0 Å². The fourth-order valence-electron chi connectivity index (χ4n) is 1.53. The van der Waals surface area contributed by atoms with Crippen LogP contribution in [0.15, 0.2) is 0 Å². The van der Waals surface area contributed by atoms with Crippen LogP contribution in [0.4, 0.5) is 0 Å². The number of rotatable bonds is 1. The maximum Gasteiger partial charge on any atom is 0.242 e. The number of hydrogen-bond donors (Lipinski definition) is 2. The maximum atomic E-state index is 11.6. The maximum absolute atomic E-state index is 11.6. The van der Waals surface area contributed by atoms with Crippen LogP contribution < -0.4 is 5.73 Å². The van der Waals surface area contributed by atoms with E-state index in [9.17, 15) is 9.90 Å². The number of hydrogen-bond acceptors (Lipinski definition) is 3. The highest BCUT2D eigenvalue weighted by atomic mass is 16.3. The van der Waals surface area contributed by atoms with Gasteiger partial charge in [0.15, 0.2) is 0 Å². The van der Waals surface area contributed by atoms with E-state index in [4.69, 9.17) is 5.73 Å². The number of carbonyl (C=O) groups is 1. The summed E-state index contributed by atoms with van der Waals surface area (Å²) in [5, 5.41) is 9.64. The number of carbonyl (C=O) groups excluding carboxylic acids is 1. The van der Waals surface area contributed by atoms with Crippen molar-refractivity contribution in [3.8, 4) is 0 Å². The van der Waals surface area contributed by atoms with Gasteiger partial charge in [-0.1, -0.05) is 0 Å². The van der Waals surface area contributed by atoms with Gasteiger partial charge in [-0.3, -0.25) is 4.79 Å². The van der Waals surface area contributed by atoms with Gasteiger partial charge in [0.25, 0.3) is 0 Å². The SMILES string of the molecule is CC1(O)CCN(C(=O)C(C)(C)N)C1. The third kappa shape index (κ3) is 2.42. The molecule has 0 saturated carbocycles. The Balaban J connectivity index is 2.62. The zero-order valence-corrected chi connectivity index (χ0v) is 8.50. The molecule has 76 valence electrons. The molecule has 0 aromatic rings. The number of nitrogens with two attached hydrogens (primary N) is 1. The molecule has 0 radical (unpaired) electrons. The van der Waals surface area contributed by atoms with Crippen molar-refractivity contribution in [3.05, 3.63) is 0 Å². The number of aliphatic hydroxyl groups is 1. The largest absolute Gasteiger partial charge is 0.388 e. The summed E-state index contributed by atoms with van der Waals surface area (Å²) in [4.78, 5) is 13.3. The van der Waals surface area contributed by atoms with Gasteiger partial charge in [-0.05, 0) is 27.2 Å². The second-order valence-corrected chi connectivity index (χ2v) is 4.70. The molecule has 1 aliphatic rings. The Bertz CT molecular complexity index is 218. The van der Waals surface area contributed by atoms with E-state index in [0.29, 0.717) is 19.5 Å². The first-order valence-corrected chi connectivity index (χ1v) is 4.53. The standard InChI is InChI=1S/C9H18N2O2/c1-8(2,10)7(12)11-5-4-9(3,13)6-11/h13H,4-6,10H2,1-3H3. The second kappa shape index (κ2) is 2.96. The highest BCUT2D eigenvalue weighted by molar-refractivity contribution is 5.85. The van der Waals surface area contributed by atoms with Crippen molar-refractivity contribution >= 4 is 5.91 Å². The van der Waals surface area contributed by atoms with E-state index < -0.39 is 11.1 Å². The smallest absolute Gasteiger partial charge is 0.242 e. The van der Waals surface area contributed by atoms with Crippen LogP contribution in [0.2, 0.25) is 0 Å². The second-order valence-electron chi connectivity index (χ2n) is 4.70. The molecule has 4 heteroatoms. The number of nitrogens with zero attached hydrogens (tertiary/aromatic N) is 1. The molecule has 0 aliphatic carbocycles. The first-order valence-electron chi connectivity index (χ1n) is 4.53. The Hall–Kier alpha value is -0.610. The molecule has 1 amide bonds. The Morgan fingerprint density at radius 1 is 1.62 bits per heavy atom. The Morgan fingerprint density at radius 2 is 2.15 bits per heavy atom. The Labute approximate surface area is 78.7 Å². The molecule has 1 unspecified atom stereocenters. The number of likely N-dealkylation sites (tertiary alicyclic amines) is 1. The van der Waals surface area contributed by atoms with E-state index in [1.807, 2.05) is 0 Å². The van der Waals surface area contributed by atoms with Crippen molar-refractivity contribution in [2.75, 3.05) is 13.1 Å². The molecule has 1 aliphatic heterocycles. The molecular weight excluding hydrogens is 168 g/mol. The van der Waals surface area contributed by atoms with Crippen LogP contribution in [0.25, 0.3) is 0 Å². The van der Waals surface area contributed by atoms with Crippen LogP contribution in [-0.2, 0) is 4.79 Å². The van der Waals surface area contributed by atoms with E-state index >= 15 is 0 Å². The molecule has 1 rings (SSSR count). The van der Waals surface area contributed by atoms with Gasteiger partial charge in [-0.15, -0.1) is 0 Å². The van der Waals surface area contributed by atoms with Crippen molar-refractivity contribution in [1.82, 2.24) is 4.90 Å². The summed E-state index contributed by atoms with van der Waals surface area (Å²) in [5.74, 6) is -0.0923. The average Bonchev–Trinajstić information content (AvgIpc) is 2.26. The monoisotopic (exact) mass is 186 g/mol. The minimum absolute atomic E-state index is 0.0923. The van der Waals surface area contributed by atoms with Gasteiger partial charge in [0.05, 0.1) is 11.1 Å². The van der Waals surface area contributed by atoms with E-state index in [1.165, 1.54) is 0 Å². The fourth-order valence-corrected chi connectivity index (χ4v) is 1.53. The van der Waals surface area contributed by atoms with Crippen LogP contribution in [0, 0.1) is 0 Å². The van der Waals surface area contributed by atoms with E-state index in [0.717, 1.165) is 0 Å². The molecular formula is C9H18N2O2. The third-order valence-corrected chi connectivity index (χ3v) is 2.29. The summed E-state index contributed by atoms with van der Waals surface area (Å²) in [6.07, 6.45) is 0.634. The van der Waals surface area contributed by atoms with Crippen molar-refractivity contribution < 1.29 is 9.90 Å². The summed E-state index contributed by atoms with van der Waals surface area (Å²) in [6.45, 7) is 6.10. The fraction of sp³-hybridized carbons (Fsp3) is 0.889. The van der Waals surface area contributed by atoms with E-state index in [-0.39, 0.29) is 5.91 Å². The lowest BCUT2D eigenvalue weighted by molar-refractivity contribution is -0.135.